The Balaban J connectivity index is 1.78. The molecule has 11 heteroatoms. The molecule has 0 spiro atoms. The van der Waals surface area contributed by atoms with Crippen molar-refractivity contribution in [2.45, 2.75) is 44.7 Å². The van der Waals surface area contributed by atoms with Gasteiger partial charge in [0, 0.05) is 19.5 Å². The van der Waals surface area contributed by atoms with E-state index in [0.717, 1.165) is 22.0 Å². The number of hydrogen-bond acceptors (Lipinski definition) is 5. The van der Waals surface area contributed by atoms with Crippen LogP contribution in [0.15, 0.2) is 108 Å². The third-order valence-electron chi connectivity index (χ3n) is 7.34. The summed E-state index contributed by atoms with van der Waals surface area (Å²) in [5.41, 5.74) is 1.38. The molecule has 1 unspecified atom stereocenters. The van der Waals surface area contributed by atoms with Crippen LogP contribution in [0.3, 0.4) is 0 Å². The third kappa shape index (κ3) is 9.62. The molecule has 2 amide bonds. The first-order chi connectivity index (χ1) is 22.5. The summed E-state index contributed by atoms with van der Waals surface area (Å²) in [6.07, 6.45) is 0.139. The highest BCUT2D eigenvalue weighted by atomic mass is 32.2. The molecule has 4 aromatic carbocycles. The standard InChI is InChI=1S/C36H39F2N3O5S/c1-4-46-32-18-20-33(21-19-32)47(44,45)41(31-16-14-30(38)15-17-31)25-35(42)40(24-28-10-12-29(37)13-11-28)34(36(43)39-23-26(2)3)22-27-8-6-5-7-9-27/h5-21,26,34H,4,22-25H2,1-3H3,(H,39,43). The predicted octanol–water partition coefficient (Wildman–Crippen LogP) is 5.97. The number of anilines is 1. The van der Waals surface area contributed by atoms with Crippen LogP contribution in [0.4, 0.5) is 14.5 Å². The van der Waals surface area contributed by atoms with Crippen LogP contribution in [0.25, 0.3) is 0 Å². The van der Waals surface area contributed by atoms with Crippen LogP contribution in [-0.4, -0.2) is 50.9 Å². The van der Waals surface area contributed by atoms with E-state index in [1.807, 2.05) is 44.2 Å². The highest BCUT2D eigenvalue weighted by molar-refractivity contribution is 7.92. The average molecular weight is 664 g/mol. The lowest BCUT2D eigenvalue weighted by Crippen LogP contribution is -2.53. The van der Waals surface area contributed by atoms with Crippen LogP contribution in [0.2, 0.25) is 0 Å². The van der Waals surface area contributed by atoms with Crippen molar-refractivity contribution < 1.29 is 31.5 Å². The number of nitrogens with zero attached hydrogens (tertiary/aromatic N) is 2. The Labute approximate surface area is 275 Å². The molecule has 4 rings (SSSR count). The third-order valence-corrected chi connectivity index (χ3v) is 9.13. The van der Waals surface area contributed by atoms with Gasteiger partial charge in [-0.25, -0.2) is 17.2 Å². The van der Waals surface area contributed by atoms with Gasteiger partial charge in [0.1, 0.15) is 30.0 Å². The lowest BCUT2D eigenvalue weighted by Gasteiger charge is -2.34. The van der Waals surface area contributed by atoms with Gasteiger partial charge in [-0.3, -0.25) is 13.9 Å². The summed E-state index contributed by atoms with van der Waals surface area (Å²) in [5, 5.41) is 2.92. The maximum Gasteiger partial charge on any atom is 0.264 e. The average Bonchev–Trinajstić information content (AvgIpc) is 3.06. The van der Waals surface area contributed by atoms with E-state index in [1.54, 1.807) is 6.92 Å². The summed E-state index contributed by atoms with van der Waals surface area (Å²) in [6, 6.07) is 24.2. The lowest BCUT2D eigenvalue weighted by atomic mass is 10.0. The van der Waals surface area contributed by atoms with Crippen molar-refractivity contribution in [2.75, 3.05) is 24.0 Å². The van der Waals surface area contributed by atoms with Gasteiger partial charge in [0.05, 0.1) is 17.2 Å². The smallest absolute Gasteiger partial charge is 0.264 e. The van der Waals surface area contributed by atoms with Crippen molar-refractivity contribution >= 4 is 27.5 Å². The second-order valence-corrected chi connectivity index (χ2v) is 13.2. The van der Waals surface area contributed by atoms with Crippen LogP contribution in [0.1, 0.15) is 31.9 Å². The Morgan fingerprint density at radius 1 is 0.809 bits per heavy atom. The first kappa shape index (κ1) is 35.1. The highest BCUT2D eigenvalue weighted by Crippen LogP contribution is 2.27. The largest absolute Gasteiger partial charge is 0.494 e. The second kappa shape index (κ2) is 16.2. The number of ether oxygens (including phenoxy) is 1. The molecule has 248 valence electrons. The number of halogens is 2. The van der Waals surface area contributed by atoms with Gasteiger partial charge in [0.15, 0.2) is 0 Å². The SMILES string of the molecule is CCOc1ccc(S(=O)(=O)N(CC(=O)N(Cc2ccc(F)cc2)C(Cc2ccccc2)C(=O)NCC(C)C)c2ccc(F)cc2)cc1. The van der Waals surface area contributed by atoms with Crippen LogP contribution >= 0.6 is 0 Å². The summed E-state index contributed by atoms with van der Waals surface area (Å²) in [5.74, 6) is -1.55. The number of nitrogens with one attached hydrogen (secondary N) is 1. The fourth-order valence-corrected chi connectivity index (χ4v) is 6.31. The van der Waals surface area contributed by atoms with Gasteiger partial charge >= 0.3 is 0 Å². The number of carbonyl (C=O) groups is 2. The Morgan fingerprint density at radius 3 is 1.98 bits per heavy atom. The molecule has 0 heterocycles. The number of sulfonamides is 1. The molecule has 0 bridgehead atoms. The zero-order valence-corrected chi connectivity index (χ0v) is 27.4. The lowest BCUT2D eigenvalue weighted by molar-refractivity contribution is -0.140. The zero-order chi connectivity index (χ0) is 34.0. The molecular weight excluding hydrogens is 624 g/mol. The molecule has 0 aliphatic heterocycles. The van der Waals surface area contributed by atoms with Crippen molar-refractivity contribution in [1.82, 2.24) is 10.2 Å². The minimum Gasteiger partial charge on any atom is -0.494 e. The summed E-state index contributed by atoms with van der Waals surface area (Å²) in [6.45, 7) is 5.63. The fourth-order valence-electron chi connectivity index (χ4n) is 4.90. The van der Waals surface area contributed by atoms with Crippen LogP contribution in [0, 0.1) is 17.6 Å². The molecular formula is C36H39F2N3O5S. The van der Waals surface area contributed by atoms with Crippen molar-refractivity contribution in [3.8, 4) is 5.75 Å². The molecule has 0 saturated heterocycles. The molecule has 0 aliphatic rings. The fraction of sp³-hybridized carbons (Fsp3) is 0.278. The van der Waals surface area contributed by atoms with Gasteiger partial charge in [0.25, 0.3) is 10.0 Å². The first-order valence-electron chi connectivity index (χ1n) is 15.3. The minimum atomic E-state index is -4.37. The van der Waals surface area contributed by atoms with E-state index >= 15 is 0 Å². The molecule has 1 N–H and O–H groups in total. The Bertz CT molecular complexity index is 1720. The topological polar surface area (TPSA) is 96.0 Å². The van der Waals surface area contributed by atoms with Crippen LogP contribution in [0.5, 0.6) is 5.75 Å². The molecule has 4 aromatic rings. The highest BCUT2D eigenvalue weighted by Gasteiger charge is 2.34. The van der Waals surface area contributed by atoms with Gasteiger partial charge < -0.3 is 15.0 Å². The van der Waals surface area contributed by atoms with E-state index in [2.05, 4.69) is 5.32 Å². The minimum absolute atomic E-state index is 0.0548. The Kier molecular flexibility index (Phi) is 12.1. The maximum absolute atomic E-state index is 14.4. The number of carbonyl (C=O) groups excluding carboxylic acids is 2. The van der Waals surface area contributed by atoms with Crippen molar-refractivity contribution in [3.63, 3.8) is 0 Å². The van der Waals surface area contributed by atoms with E-state index in [4.69, 9.17) is 4.74 Å². The monoisotopic (exact) mass is 663 g/mol. The van der Waals surface area contributed by atoms with Crippen molar-refractivity contribution in [1.29, 1.82) is 0 Å². The summed E-state index contributed by atoms with van der Waals surface area (Å²) < 4.78 is 62.4. The Hall–Kier alpha value is -4.77. The quantitative estimate of drug-likeness (QED) is 0.169. The summed E-state index contributed by atoms with van der Waals surface area (Å²) in [7, 11) is -4.37. The van der Waals surface area contributed by atoms with E-state index in [1.165, 1.54) is 65.6 Å². The van der Waals surface area contributed by atoms with Crippen LogP contribution in [-0.2, 0) is 32.6 Å². The first-order valence-corrected chi connectivity index (χ1v) is 16.8. The van der Waals surface area contributed by atoms with E-state index in [9.17, 15) is 26.8 Å². The predicted molar refractivity (Wildman–Crippen MR) is 177 cm³/mol. The van der Waals surface area contributed by atoms with Gasteiger partial charge in [-0.05, 0) is 84.6 Å². The normalized spacial score (nSPS) is 12.0. The second-order valence-electron chi connectivity index (χ2n) is 11.4. The molecule has 0 aliphatic carbocycles. The molecule has 0 radical (unpaired) electrons. The molecule has 0 aromatic heterocycles. The van der Waals surface area contributed by atoms with Gasteiger partial charge in [-0.2, -0.15) is 0 Å². The van der Waals surface area contributed by atoms with Gasteiger partial charge in [-0.1, -0.05) is 56.3 Å². The summed E-state index contributed by atoms with van der Waals surface area (Å²) in [4.78, 5) is 29.4. The number of amides is 2. The van der Waals surface area contributed by atoms with Gasteiger partial charge in [-0.15, -0.1) is 0 Å². The zero-order valence-electron chi connectivity index (χ0n) is 26.6. The molecule has 47 heavy (non-hydrogen) atoms. The van der Waals surface area contributed by atoms with E-state index in [-0.39, 0.29) is 29.5 Å². The maximum atomic E-state index is 14.4. The number of benzene rings is 4. The molecule has 1 atom stereocenters. The molecule has 8 nitrogen and oxygen atoms in total. The number of rotatable bonds is 15. The van der Waals surface area contributed by atoms with Crippen molar-refractivity contribution in [2.24, 2.45) is 5.92 Å². The van der Waals surface area contributed by atoms with Crippen molar-refractivity contribution in [3.05, 3.63) is 126 Å². The number of hydrogen-bond donors (Lipinski definition) is 1. The Morgan fingerprint density at radius 2 is 1.40 bits per heavy atom. The molecule has 0 saturated carbocycles. The molecule has 0 fully saturated rings. The van der Waals surface area contributed by atoms with E-state index < -0.39 is 46.1 Å². The van der Waals surface area contributed by atoms with Crippen LogP contribution < -0.4 is 14.4 Å². The van der Waals surface area contributed by atoms with E-state index in [0.29, 0.717) is 24.5 Å². The summed E-state index contributed by atoms with van der Waals surface area (Å²) >= 11 is 0. The van der Waals surface area contributed by atoms with Gasteiger partial charge in [0.2, 0.25) is 11.8 Å².